The standard InChI is InChI=1S/C19H22N4O4/c1-3-22(4-2)19(25)14-8-10-15(11-9-14)21-18(24)13-20-16-6-5-7-17(12-16)23(26)27/h5-12,20H,3-4,13H2,1-2H3,(H,21,24). The molecule has 0 aliphatic rings. The SMILES string of the molecule is CCN(CC)C(=O)c1ccc(NC(=O)CNc2cccc([N+](=O)[O-])c2)cc1. The highest BCUT2D eigenvalue weighted by molar-refractivity contribution is 5.96. The van der Waals surface area contributed by atoms with Crippen LogP contribution in [0.4, 0.5) is 17.1 Å². The van der Waals surface area contributed by atoms with Crippen molar-refractivity contribution >= 4 is 28.9 Å². The summed E-state index contributed by atoms with van der Waals surface area (Å²) in [6.45, 7) is 5.07. The van der Waals surface area contributed by atoms with E-state index in [4.69, 9.17) is 0 Å². The highest BCUT2D eigenvalue weighted by Gasteiger charge is 2.12. The fourth-order valence-corrected chi connectivity index (χ4v) is 2.51. The molecule has 0 unspecified atom stereocenters. The Bertz CT molecular complexity index is 817. The van der Waals surface area contributed by atoms with Gasteiger partial charge in [-0.05, 0) is 44.2 Å². The number of hydrogen-bond acceptors (Lipinski definition) is 5. The summed E-state index contributed by atoms with van der Waals surface area (Å²) < 4.78 is 0. The van der Waals surface area contributed by atoms with Crippen LogP contribution in [0.5, 0.6) is 0 Å². The maximum atomic E-state index is 12.3. The topological polar surface area (TPSA) is 105 Å². The first kappa shape index (κ1) is 19.9. The first-order chi connectivity index (χ1) is 12.9. The summed E-state index contributed by atoms with van der Waals surface area (Å²) in [4.78, 5) is 36.3. The molecule has 2 amide bonds. The number of hydrogen-bond donors (Lipinski definition) is 2. The van der Waals surface area contributed by atoms with Crippen LogP contribution in [0, 0.1) is 10.1 Å². The molecule has 0 atom stereocenters. The molecule has 0 fully saturated rings. The van der Waals surface area contributed by atoms with Gasteiger partial charge in [-0.1, -0.05) is 6.07 Å². The molecule has 2 aromatic carbocycles. The third-order valence-corrected chi connectivity index (χ3v) is 3.98. The zero-order chi connectivity index (χ0) is 19.8. The molecule has 0 aliphatic heterocycles. The number of non-ortho nitro benzene ring substituents is 1. The molecular weight excluding hydrogens is 348 g/mol. The predicted octanol–water partition coefficient (Wildman–Crippen LogP) is 3.13. The van der Waals surface area contributed by atoms with Crippen LogP contribution in [0.2, 0.25) is 0 Å². The van der Waals surface area contributed by atoms with E-state index in [0.29, 0.717) is 30.0 Å². The fraction of sp³-hybridized carbons (Fsp3) is 0.263. The molecule has 2 aromatic rings. The number of anilines is 2. The average Bonchev–Trinajstić information content (AvgIpc) is 2.68. The molecule has 0 aromatic heterocycles. The van der Waals surface area contributed by atoms with E-state index in [2.05, 4.69) is 10.6 Å². The van der Waals surface area contributed by atoms with Crippen molar-refractivity contribution in [3.05, 3.63) is 64.2 Å². The average molecular weight is 370 g/mol. The minimum Gasteiger partial charge on any atom is -0.376 e. The largest absolute Gasteiger partial charge is 0.376 e. The Hall–Kier alpha value is -3.42. The first-order valence-corrected chi connectivity index (χ1v) is 8.62. The Morgan fingerprint density at radius 2 is 1.70 bits per heavy atom. The van der Waals surface area contributed by atoms with Crippen molar-refractivity contribution in [3.8, 4) is 0 Å². The Morgan fingerprint density at radius 1 is 1.04 bits per heavy atom. The Morgan fingerprint density at radius 3 is 2.30 bits per heavy atom. The van der Waals surface area contributed by atoms with Crippen LogP contribution in [-0.4, -0.2) is 41.3 Å². The van der Waals surface area contributed by atoms with E-state index in [9.17, 15) is 19.7 Å². The Balaban J connectivity index is 1.91. The highest BCUT2D eigenvalue weighted by atomic mass is 16.6. The number of nitro groups is 1. The second kappa shape index (κ2) is 9.33. The normalized spacial score (nSPS) is 10.1. The van der Waals surface area contributed by atoms with E-state index in [1.807, 2.05) is 13.8 Å². The first-order valence-electron chi connectivity index (χ1n) is 8.62. The second-order valence-electron chi connectivity index (χ2n) is 5.76. The smallest absolute Gasteiger partial charge is 0.271 e. The third kappa shape index (κ3) is 5.53. The molecular formula is C19H22N4O4. The lowest BCUT2D eigenvalue weighted by Crippen LogP contribution is -2.30. The van der Waals surface area contributed by atoms with E-state index in [1.165, 1.54) is 12.1 Å². The number of nitro benzene ring substituents is 1. The quantitative estimate of drug-likeness (QED) is 0.549. The van der Waals surface area contributed by atoms with Gasteiger partial charge in [0.2, 0.25) is 5.91 Å². The second-order valence-corrected chi connectivity index (χ2v) is 5.76. The van der Waals surface area contributed by atoms with Gasteiger partial charge in [-0.3, -0.25) is 19.7 Å². The van der Waals surface area contributed by atoms with E-state index in [-0.39, 0.29) is 24.0 Å². The lowest BCUT2D eigenvalue weighted by Gasteiger charge is -2.18. The van der Waals surface area contributed by atoms with Gasteiger partial charge in [0.25, 0.3) is 11.6 Å². The molecule has 0 saturated heterocycles. The summed E-state index contributed by atoms with van der Waals surface area (Å²) in [5.41, 5.74) is 1.57. The van der Waals surface area contributed by atoms with Gasteiger partial charge in [-0.2, -0.15) is 0 Å². The zero-order valence-corrected chi connectivity index (χ0v) is 15.3. The third-order valence-electron chi connectivity index (χ3n) is 3.98. The van der Waals surface area contributed by atoms with Gasteiger partial charge >= 0.3 is 0 Å². The van der Waals surface area contributed by atoms with Crippen molar-refractivity contribution in [2.75, 3.05) is 30.3 Å². The number of amides is 2. The van der Waals surface area contributed by atoms with Crippen LogP contribution in [0.1, 0.15) is 24.2 Å². The summed E-state index contributed by atoms with van der Waals surface area (Å²) in [5, 5.41) is 16.3. The fourth-order valence-electron chi connectivity index (χ4n) is 2.51. The Labute approximate surface area is 157 Å². The van der Waals surface area contributed by atoms with Gasteiger partial charge in [-0.15, -0.1) is 0 Å². The van der Waals surface area contributed by atoms with Gasteiger partial charge in [-0.25, -0.2) is 0 Å². The number of carbonyl (C=O) groups excluding carboxylic acids is 2. The maximum absolute atomic E-state index is 12.3. The van der Waals surface area contributed by atoms with Crippen molar-refractivity contribution in [2.45, 2.75) is 13.8 Å². The minimum atomic E-state index is -0.494. The highest BCUT2D eigenvalue weighted by Crippen LogP contribution is 2.17. The maximum Gasteiger partial charge on any atom is 0.271 e. The van der Waals surface area contributed by atoms with E-state index >= 15 is 0 Å². The Kier molecular flexibility index (Phi) is 6.87. The molecule has 0 bridgehead atoms. The van der Waals surface area contributed by atoms with E-state index in [0.717, 1.165) is 0 Å². The van der Waals surface area contributed by atoms with Gasteiger partial charge < -0.3 is 15.5 Å². The number of rotatable bonds is 8. The molecule has 27 heavy (non-hydrogen) atoms. The van der Waals surface area contributed by atoms with Crippen LogP contribution >= 0.6 is 0 Å². The van der Waals surface area contributed by atoms with Crippen LogP contribution in [-0.2, 0) is 4.79 Å². The summed E-state index contributed by atoms with van der Waals surface area (Å²) in [5.74, 6) is -0.352. The van der Waals surface area contributed by atoms with Crippen LogP contribution in [0.3, 0.4) is 0 Å². The molecule has 0 aliphatic carbocycles. The summed E-state index contributed by atoms with van der Waals surface area (Å²) in [6, 6.07) is 12.6. The zero-order valence-electron chi connectivity index (χ0n) is 15.3. The van der Waals surface area contributed by atoms with E-state index < -0.39 is 4.92 Å². The summed E-state index contributed by atoms with van der Waals surface area (Å²) >= 11 is 0. The van der Waals surface area contributed by atoms with Crippen molar-refractivity contribution in [3.63, 3.8) is 0 Å². The van der Waals surface area contributed by atoms with Crippen LogP contribution in [0.15, 0.2) is 48.5 Å². The van der Waals surface area contributed by atoms with Crippen molar-refractivity contribution in [2.24, 2.45) is 0 Å². The summed E-state index contributed by atoms with van der Waals surface area (Å²) in [6.07, 6.45) is 0. The number of carbonyl (C=O) groups is 2. The lowest BCUT2D eigenvalue weighted by atomic mass is 10.1. The number of nitrogens with one attached hydrogen (secondary N) is 2. The monoisotopic (exact) mass is 370 g/mol. The van der Waals surface area contributed by atoms with Crippen LogP contribution < -0.4 is 10.6 Å². The molecule has 8 nitrogen and oxygen atoms in total. The van der Waals surface area contributed by atoms with Gasteiger partial charge in [0, 0.05) is 42.2 Å². The molecule has 0 saturated carbocycles. The van der Waals surface area contributed by atoms with E-state index in [1.54, 1.807) is 41.3 Å². The molecule has 2 N–H and O–H groups in total. The molecule has 0 heterocycles. The predicted molar refractivity (Wildman–Crippen MR) is 104 cm³/mol. The van der Waals surface area contributed by atoms with Gasteiger partial charge in [0.15, 0.2) is 0 Å². The molecule has 0 radical (unpaired) electrons. The van der Waals surface area contributed by atoms with Gasteiger partial charge in [0.05, 0.1) is 11.5 Å². The number of nitrogens with zero attached hydrogens (tertiary/aromatic N) is 2. The molecule has 8 heteroatoms. The summed E-state index contributed by atoms with van der Waals surface area (Å²) in [7, 11) is 0. The lowest BCUT2D eigenvalue weighted by molar-refractivity contribution is -0.384. The van der Waals surface area contributed by atoms with Crippen molar-refractivity contribution in [1.29, 1.82) is 0 Å². The molecule has 0 spiro atoms. The number of benzene rings is 2. The molecule has 2 rings (SSSR count). The minimum absolute atomic E-state index is 0.0404. The van der Waals surface area contributed by atoms with Crippen molar-refractivity contribution in [1.82, 2.24) is 4.90 Å². The molecule has 142 valence electrons. The van der Waals surface area contributed by atoms with Gasteiger partial charge in [0.1, 0.15) is 0 Å². The van der Waals surface area contributed by atoms with Crippen molar-refractivity contribution < 1.29 is 14.5 Å². The van der Waals surface area contributed by atoms with Crippen LogP contribution in [0.25, 0.3) is 0 Å².